The van der Waals surface area contributed by atoms with Gasteiger partial charge < -0.3 is 15.2 Å². The first-order valence-corrected chi connectivity index (χ1v) is 8.86. The first-order chi connectivity index (χ1) is 12.6. The number of nitrogens with one attached hydrogen (secondary N) is 1. The molecule has 1 atom stereocenters. The second kappa shape index (κ2) is 6.24. The smallest absolute Gasteiger partial charge is 0.244 e. The number of allylic oxidation sites excluding steroid dienone is 1. The van der Waals surface area contributed by atoms with Crippen molar-refractivity contribution in [3.8, 4) is 29.0 Å². The number of nitrogens with zero attached hydrogens (tertiary/aromatic N) is 2. The molecule has 0 bridgehead atoms. The predicted molar refractivity (Wildman–Crippen MR) is 98.9 cm³/mol. The van der Waals surface area contributed by atoms with Gasteiger partial charge in [0.15, 0.2) is 0 Å². The lowest BCUT2D eigenvalue weighted by Crippen LogP contribution is -2.20. The number of methoxy groups -OCH3 is 1. The SMILES string of the molecule is COc1ccc(-c2[nH]nc3c2C(c2sccc2C)C(C#N)=C(N)O3)cc1. The van der Waals surface area contributed by atoms with Gasteiger partial charge in [-0.2, -0.15) is 5.26 Å². The molecule has 7 heteroatoms. The second-order valence-electron chi connectivity index (χ2n) is 5.94. The molecule has 0 spiro atoms. The Balaban J connectivity index is 1.92. The number of rotatable bonds is 3. The highest BCUT2D eigenvalue weighted by atomic mass is 32.1. The molecule has 3 aromatic rings. The Morgan fingerprint density at radius 1 is 1.31 bits per heavy atom. The fourth-order valence-electron chi connectivity index (χ4n) is 3.17. The molecule has 0 amide bonds. The minimum atomic E-state index is -0.306. The summed E-state index contributed by atoms with van der Waals surface area (Å²) in [6.45, 7) is 2.03. The molecule has 4 rings (SSSR count). The Kier molecular flexibility index (Phi) is 3.90. The lowest BCUT2D eigenvalue weighted by molar-refractivity contribution is 0.379. The van der Waals surface area contributed by atoms with Crippen LogP contribution in [0.4, 0.5) is 0 Å². The number of hydrogen-bond donors (Lipinski definition) is 2. The van der Waals surface area contributed by atoms with Crippen LogP contribution >= 0.6 is 11.3 Å². The van der Waals surface area contributed by atoms with E-state index in [4.69, 9.17) is 15.2 Å². The van der Waals surface area contributed by atoms with Gasteiger partial charge in [-0.05, 0) is 48.2 Å². The summed E-state index contributed by atoms with van der Waals surface area (Å²) in [7, 11) is 1.63. The topological polar surface area (TPSA) is 97.0 Å². The van der Waals surface area contributed by atoms with E-state index in [2.05, 4.69) is 16.3 Å². The summed E-state index contributed by atoms with van der Waals surface area (Å²) in [4.78, 5) is 1.06. The summed E-state index contributed by atoms with van der Waals surface area (Å²) >= 11 is 1.60. The molecular weight excluding hydrogens is 348 g/mol. The van der Waals surface area contributed by atoms with E-state index < -0.39 is 0 Å². The molecule has 130 valence electrons. The van der Waals surface area contributed by atoms with Crippen molar-refractivity contribution in [1.82, 2.24) is 10.2 Å². The van der Waals surface area contributed by atoms with Gasteiger partial charge in [0, 0.05) is 10.4 Å². The summed E-state index contributed by atoms with van der Waals surface area (Å²) in [5.41, 5.74) is 10.1. The van der Waals surface area contributed by atoms with Gasteiger partial charge in [0.1, 0.15) is 17.4 Å². The standard InChI is InChI=1S/C19H16N4O2S/c1-10-7-8-26-17(10)14-13(9-20)18(21)25-19-15(14)16(22-23-19)11-3-5-12(24-2)6-4-11/h3-8,14H,21H2,1-2H3,(H,22,23). The molecule has 6 nitrogen and oxygen atoms in total. The molecule has 26 heavy (non-hydrogen) atoms. The number of fused-ring (bicyclic) bond motifs is 1. The van der Waals surface area contributed by atoms with Gasteiger partial charge in [-0.3, -0.25) is 5.10 Å². The molecule has 2 aromatic heterocycles. The average molecular weight is 364 g/mol. The van der Waals surface area contributed by atoms with E-state index in [1.54, 1.807) is 18.4 Å². The Morgan fingerprint density at radius 2 is 2.08 bits per heavy atom. The van der Waals surface area contributed by atoms with E-state index in [1.807, 2.05) is 42.6 Å². The highest BCUT2D eigenvalue weighted by Gasteiger charge is 2.36. The van der Waals surface area contributed by atoms with Gasteiger partial charge in [-0.25, -0.2) is 0 Å². The van der Waals surface area contributed by atoms with Crippen molar-refractivity contribution in [3.05, 3.63) is 63.2 Å². The van der Waals surface area contributed by atoms with Crippen molar-refractivity contribution in [1.29, 1.82) is 5.26 Å². The van der Waals surface area contributed by atoms with Gasteiger partial charge >= 0.3 is 0 Å². The van der Waals surface area contributed by atoms with Crippen LogP contribution in [0.3, 0.4) is 0 Å². The lowest BCUT2D eigenvalue weighted by Gasteiger charge is -2.23. The molecule has 0 fully saturated rings. The van der Waals surface area contributed by atoms with E-state index in [1.165, 1.54) is 0 Å². The van der Waals surface area contributed by atoms with Crippen molar-refractivity contribution in [2.75, 3.05) is 7.11 Å². The van der Waals surface area contributed by atoms with Crippen molar-refractivity contribution in [3.63, 3.8) is 0 Å². The second-order valence-corrected chi connectivity index (χ2v) is 6.89. The van der Waals surface area contributed by atoms with Gasteiger partial charge in [-0.15, -0.1) is 16.4 Å². The zero-order valence-electron chi connectivity index (χ0n) is 14.2. The molecular formula is C19H16N4O2S. The van der Waals surface area contributed by atoms with Crippen LogP contribution in [0.5, 0.6) is 11.6 Å². The number of H-pyrrole nitrogens is 1. The van der Waals surface area contributed by atoms with Crippen LogP contribution in [-0.2, 0) is 0 Å². The molecule has 1 unspecified atom stereocenters. The molecule has 1 aromatic carbocycles. The summed E-state index contributed by atoms with van der Waals surface area (Å²) < 4.78 is 10.9. The van der Waals surface area contributed by atoms with Crippen LogP contribution in [0.2, 0.25) is 0 Å². The third kappa shape index (κ3) is 2.43. The zero-order chi connectivity index (χ0) is 18.3. The molecule has 0 saturated heterocycles. The maximum Gasteiger partial charge on any atom is 0.244 e. The van der Waals surface area contributed by atoms with E-state index >= 15 is 0 Å². The quantitative estimate of drug-likeness (QED) is 0.739. The van der Waals surface area contributed by atoms with Crippen LogP contribution in [-0.4, -0.2) is 17.3 Å². The zero-order valence-corrected chi connectivity index (χ0v) is 15.1. The molecule has 0 radical (unpaired) electrons. The summed E-state index contributed by atoms with van der Waals surface area (Å²) in [5.74, 6) is 0.973. The van der Waals surface area contributed by atoms with Crippen molar-refractivity contribution in [2.24, 2.45) is 5.73 Å². The average Bonchev–Trinajstić information content (AvgIpc) is 3.26. The van der Waals surface area contributed by atoms with Crippen LogP contribution in [0, 0.1) is 18.3 Å². The van der Waals surface area contributed by atoms with Gasteiger partial charge in [-0.1, -0.05) is 0 Å². The third-order valence-corrected chi connectivity index (χ3v) is 5.57. The molecule has 3 N–H and O–H groups in total. The van der Waals surface area contributed by atoms with Crippen LogP contribution in [0.15, 0.2) is 47.2 Å². The largest absolute Gasteiger partial charge is 0.497 e. The van der Waals surface area contributed by atoms with E-state index in [-0.39, 0.29) is 11.8 Å². The highest BCUT2D eigenvalue weighted by Crippen LogP contribution is 2.47. The number of benzene rings is 1. The maximum atomic E-state index is 9.70. The number of ether oxygens (including phenoxy) is 2. The van der Waals surface area contributed by atoms with Crippen molar-refractivity contribution in [2.45, 2.75) is 12.8 Å². The normalized spacial score (nSPS) is 16.0. The number of hydrogen-bond acceptors (Lipinski definition) is 6. The Hall–Kier alpha value is -3.24. The summed E-state index contributed by atoms with van der Waals surface area (Å²) in [5, 5.41) is 19.0. The number of nitrogens with two attached hydrogens (primary N) is 1. The van der Waals surface area contributed by atoms with Crippen LogP contribution in [0.25, 0.3) is 11.3 Å². The Bertz CT molecular complexity index is 1040. The number of nitriles is 1. The van der Waals surface area contributed by atoms with E-state index in [9.17, 15) is 5.26 Å². The first kappa shape index (κ1) is 16.2. The van der Waals surface area contributed by atoms with Crippen LogP contribution < -0.4 is 15.2 Å². The van der Waals surface area contributed by atoms with Crippen molar-refractivity contribution < 1.29 is 9.47 Å². The van der Waals surface area contributed by atoms with Gasteiger partial charge in [0.2, 0.25) is 11.8 Å². The summed E-state index contributed by atoms with van der Waals surface area (Å²) in [6, 6.07) is 11.9. The molecule has 0 aliphatic carbocycles. The number of aromatic nitrogens is 2. The Labute approximate surface area is 154 Å². The van der Waals surface area contributed by atoms with E-state index in [0.29, 0.717) is 11.5 Å². The Morgan fingerprint density at radius 3 is 2.69 bits per heavy atom. The van der Waals surface area contributed by atoms with Gasteiger partial charge in [0.05, 0.1) is 24.3 Å². The predicted octanol–water partition coefficient (Wildman–Crippen LogP) is 3.67. The fraction of sp³-hybridized carbons (Fsp3) is 0.158. The minimum absolute atomic E-state index is 0.102. The molecule has 0 saturated carbocycles. The fourth-order valence-corrected chi connectivity index (χ4v) is 4.21. The van der Waals surface area contributed by atoms with Crippen molar-refractivity contribution >= 4 is 11.3 Å². The summed E-state index contributed by atoms with van der Waals surface area (Å²) in [6.07, 6.45) is 0. The highest BCUT2D eigenvalue weighted by molar-refractivity contribution is 7.10. The number of aryl methyl sites for hydroxylation is 1. The monoisotopic (exact) mass is 364 g/mol. The maximum absolute atomic E-state index is 9.70. The third-order valence-electron chi connectivity index (χ3n) is 4.48. The minimum Gasteiger partial charge on any atom is -0.497 e. The molecule has 1 aliphatic heterocycles. The van der Waals surface area contributed by atoms with Crippen LogP contribution in [0.1, 0.15) is 21.9 Å². The van der Waals surface area contributed by atoms with E-state index in [0.717, 1.165) is 33.0 Å². The molecule has 3 heterocycles. The first-order valence-electron chi connectivity index (χ1n) is 7.98. The number of thiophene rings is 1. The molecule has 1 aliphatic rings. The lowest BCUT2D eigenvalue weighted by atomic mass is 9.86. The number of aromatic amines is 1. The van der Waals surface area contributed by atoms with Gasteiger partial charge in [0.25, 0.3) is 0 Å².